The molecule has 0 spiro atoms. The minimum Gasteiger partial charge on any atom is -0.333 e. The number of benzene rings is 1. The first-order valence-electron chi connectivity index (χ1n) is 7.56. The summed E-state index contributed by atoms with van der Waals surface area (Å²) in [6.45, 7) is 1.71. The number of rotatable bonds is 5. The van der Waals surface area contributed by atoms with Crippen LogP contribution >= 0.6 is 11.3 Å². The molecule has 0 radical (unpaired) electrons. The maximum atomic E-state index is 5.35. The van der Waals surface area contributed by atoms with Gasteiger partial charge in [0.15, 0.2) is 0 Å². The number of aromatic nitrogens is 5. The molecule has 122 valence electrons. The highest BCUT2D eigenvalue weighted by atomic mass is 32.1. The Hall–Kier alpha value is -2.58. The van der Waals surface area contributed by atoms with Crippen molar-refractivity contribution in [3.05, 3.63) is 35.7 Å². The number of hydrogen-bond donors (Lipinski definition) is 0. The van der Waals surface area contributed by atoms with Gasteiger partial charge in [0.1, 0.15) is 5.52 Å². The summed E-state index contributed by atoms with van der Waals surface area (Å²) < 4.78 is 7.26. The lowest BCUT2D eigenvalue weighted by Gasteiger charge is -2.09. The highest BCUT2D eigenvalue weighted by Crippen LogP contribution is 2.26. The summed E-state index contributed by atoms with van der Waals surface area (Å²) in [5.74, 6) is 1.10. The first kappa shape index (κ1) is 15.0. The fourth-order valence-corrected chi connectivity index (χ4v) is 3.06. The van der Waals surface area contributed by atoms with Crippen LogP contribution in [0.15, 0.2) is 40.2 Å². The van der Waals surface area contributed by atoms with E-state index in [0.717, 1.165) is 34.6 Å². The van der Waals surface area contributed by atoms with E-state index in [1.807, 2.05) is 54.5 Å². The lowest BCUT2D eigenvalue weighted by molar-refractivity contribution is 0.374. The average Bonchev–Trinajstić information content (AvgIpc) is 3.31. The van der Waals surface area contributed by atoms with Crippen LogP contribution in [0.2, 0.25) is 0 Å². The van der Waals surface area contributed by atoms with Crippen LogP contribution in [0.25, 0.3) is 33.2 Å². The number of hydrogen-bond acceptors (Lipinski definition) is 7. The van der Waals surface area contributed by atoms with Crippen molar-refractivity contribution in [1.29, 1.82) is 0 Å². The molecule has 4 aromatic rings. The lowest BCUT2D eigenvalue weighted by Crippen LogP contribution is -2.18. The predicted octanol–water partition coefficient (Wildman–Crippen LogP) is 2.77. The van der Waals surface area contributed by atoms with Crippen molar-refractivity contribution in [3.8, 4) is 22.2 Å². The zero-order valence-corrected chi connectivity index (χ0v) is 14.2. The summed E-state index contributed by atoms with van der Waals surface area (Å²) in [7, 11) is 4.08. The van der Waals surface area contributed by atoms with Gasteiger partial charge in [-0.3, -0.25) is 0 Å². The van der Waals surface area contributed by atoms with Crippen LogP contribution in [-0.2, 0) is 6.54 Å². The van der Waals surface area contributed by atoms with E-state index in [0.29, 0.717) is 11.7 Å². The first-order valence-corrected chi connectivity index (χ1v) is 8.44. The molecule has 7 nitrogen and oxygen atoms in total. The Balaban J connectivity index is 1.64. The average molecular weight is 340 g/mol. The molecule has 0 amide bonds. The molecule has 0 saturated carbocycles. The fraction of sp³-hybridized carbons (Fsp3) is 0.250. The molecule has 0 fully saturated rings. The third kappa shape index (κ3) is 2.81. The van der Waals surface area contributed by atoms with E-state index in [4.69, 9.17) is 4.52 Å². The summed E-state index contributed by atoms with van der Waals surface area (Å²) in [6.07, 6.45) is 0. The van der Waals surface area contributed by atoms with E-state index < -0.39 is 0 Å². The second kappa shape index (κ2) is 6.14. The Morgan fingerprint density at radius 2 is 2.17 bits per heavy atom. The summed E-state index contributed by atoms with van der Waals surface area (Å²) in [5.41, 5.74) is 2.70. The maximum Gasteiger partial charge on any atom is 0.268 e. The van der Waals surface area contributed by atoms with Gasteiger partial charge in [-0.1, -0.05) is 16.4 Å². The van der Waals surface area contributed by atoms with Gasteiger partial charge in [-0.05, 0) is 43.7 Å². The van der Waals surface area contributed by atoms with Crippen LogP contribution in [0.1, 0.15) is 0 Å². The Kier molecular flexibility index (Phi) is 3.83. The molecule has 0 aliphatic heterocycles. The molecule has 0 unspecified atom stereocenters. The number of nitrogens with zero attached hydrogens (tertiary/aromatic N) is 6. The van der Waals surface area contributed by atoms with Crippen LogP contribution in [0, 0.1) is 0 Å². The molecule has 0 aliphatic carbocycles. The van der Waals surface area contributed by atoms with E-state index in [1.54, 1.807) is 11.3 Å². The van der Waals surface area contributed by atoms with E-state index in [1.165, 1.54) is 0 Å². The van der Waals surface area contributed by atoms with Gasteiger partial charge in [0, 0.05) is 12.1 Å². The van der Waals surface area contributed by atoms with Gasteiger partial charge >= 0.3 is 0 Å². The standard InChI is InChI=1S/C16H16N6OS/c1-21(2)7-8-22-13-6-5-11(10-12(13)18-20-22)15-17-16(23-19-15)14-4-3-9-24-14/h3-6,9-10H,7-8H2,1-2H3. The molecule has 0 saturated heterocycles. The van der Waals surface area contributed by atoms with E-state index in [-0.39, 0.29) is 0 Å². The minimum atomic E-state index is 0.537. The Morgan fingerprint density at radius 3 is 2.96 bits per heavy atom. The Bertz CT molecular complexity index is 956. The Labute approximate surface area is 142 Å². The summed E-state index contributed by atoms with van der Waals surface area (Å²) in [6, 6.07) is 9.84. The van der Waals surface area contributed by atoms with E-state index in [9.17, 15) is 0 Å². The molecule has 1 aromatic carbocycles. The van der Waals surface area contributed by atoms with Gasteiger partial charge in [-0.15, -0.1) is 16.4 Å². The predicted molar refractivity (Wildman–Crippen MR) is 92.7 cm³/mol. The molecule has 0 bridgehead atoms. The molecule has 3 heterocycles. The van der Waals surface area contributed by atoms with Crippen molar-refractivity contribution < 1.29 is 4.52 Å². The second-order valence-electron chi connectivity index (χ2n) is 5.72. The zero-order chi connectivity index (χ0) is 16.5. The highest BCUT2D eigenvalue weighted by Gasteiger charge is 2.13. The highest BCUT2D eigenvalue weighted by molar-refractivity contribution is 7.13. The van der Waals surface area contributed by atoms with Crippen molar-refractivity contribution in [2.45, 2.75) is 6.54 Å². The van der Waals surface area contributed by atoms with Crippen molar-refractivity contribution in [2.75, 3.05) is 20.6 Å². The molecule has 8 heteroatoms. The zero-order valence-electron chi connectivity index (χ0n) is 13.4. The topological polar surface area (TPSA) is 72.9 Å². The SMILES string of the molecule is CN(C)CCn1nnc2cc(-c3noc(-c4cccs4)n3)ccc21. The van der Waals surface area contributed by atoms with Gasteiger partial charge in [-0.2, -0.15) is 4.98 Å². The number of likely N-dealkylation sites (N-methyl/N-ethyl adjacent to an activating group) is 1. The first-order chi connectivity index (χ1) is 11.7. The second-order valence-corrected chi connectivity index (χ2v) is 6.67. The van der Waals surface area contributed by atoms with Crippen molar-refractivity contribution >= 4 is 22.4 Å². The van der Waals surface area contributed by atoms with Gasteiger partial charge in [-0.25, -0.2) is 4.68 Å². The minimum absolute atomic E-state index is 0.537. The van der Waals surface area contributed by atoms with Crippen molar-refractivity contribution in [1.82, 2.24) is 30.0 Å². The van der Waals surface area contributed by atoms with E-state index in [2.05, 4.69) is 25.4 Å². The maximum absolute atomic E-state index is 5.35. The van der Waals surface area contributed by atoms with Crippen LogP contribution in [0.4, 0.5) is 0 Å². The molecular weight excluding hydrogens is 324 g/mol. The summed E-state index contributed by atoms with van der Waals surface area (Å²) in [5, 5.41) is 14.5. The molecule has 24 heavy (non-hydrogen) atoms. The van der Waals surface area contributed by atoms with Crippen LogP contribution in [0.5, 0.6) is 0 Å². The molecule has 0 aliphatic rings. The smallest absolute Gasteiger partial charge is 0.268 e. The van der Waals surface area contributed by atoms with E-state index >= 15 is 0 Å². The molecule has 4 rings (SSSR count). The van der Waals surface area contributed by atoms with Gasteiger partial charge in [0.05, 0.1) is 16.9 Å². The third-order valence-electron chi connectivity index (χ3n) is 3.69. The van der Waals surface area contributed by atoms with Crippen molar-refractivity contribution in [3.63, 3.8) is 0 Å². The molecular formula is C16H16N6OS. The monoisotopic (exact) mass is 340 g/mol. The van der Waals surface area contributed by atoms with Crippen molar-refractivity contribution in [2.24, 2.45) is 0 Å². The quantitative estimate of drug-likeness (QED) is 0.556. The number of fused-ring (bicyclic) bond motifs is 1. The van der Waals surface area contributed by atoms with Gasteiger partial charge < -0.3 is 9.42 Å². The summed E-state index contributed by atoms with van der Waals surface area (Å²) in [4.78, 5) is 7.55. The molecule has 0 N–H and O–H groups in total. The van der Waals surface area contributed by atoms with Crippen LogP contribution in [-0.4, -0.2) is 50.7 Å². The summed E-state index contributed by atoms with van der Waals surface area (Å²) >= 11 is 1.57. The van der Waals surface area contributed by atoms with Gasteiger partial charge in [0.2, 0.25) is 5.82 Å². The molecule has 3 aromatic heterocycles. The number of thiophene rings is 1. The Morgan fingerprint density at radius 1 is 1.25 bits per heavy atom. The molecule has 0 atom stereocenters. The third-order valence-corrected chi connectivity index (χ3v) is 4.55. The lowest BCUT2D eigenvalue weighted by atomic mass is 10.2. The van der Waals surface area contributed by atoms with Gasteiger partial charge in [0.25, 0.3) is 5.89 Å². The van der Waals surface area contributed by atoms with Crippen LogP contribution < -0.4 is 0 Å². The normalized spacial score (nSPS) is 11.6. The largest absolute Gasteiger partial charge is 0.333 e. The fourth-order valence-electron chi connectivity index (χ4n) is 2.41. The van der Waals surface area contributed by atoms with Crippen LogP contribution in [0.3, 0.4) is 0 Å².